The summed E-state index contributed by atoms with van der Waals surface area (Å²) < 4.78 is 0. The molecule has 2 aromatic rings. The number of benzene rings is 1. The number of aryl methyl sites for hydroxylation is 1. The second kappa shape index (κ2) is 5.22. The third-order valence-corrected chi connectivity index (χ3v) is 2.39. The Balaban J connectivity index is 2.12. The molecule has 0 radical (unpaired) electrons. The molecule has 0 saturated carbocycles. The van der Waals surface area contributed by atoms with Crippen molar-refractivity contribution in [2.24, 2.45) is 0 Å². The molecule has 1 heterocycles. The largest absolute Gasteiger partial charge is 0.379 e. The lowest BCUT2D eigenvalue weighted by molar-refractivity contribution is -0.384. The molecular weight excluding hydrogens is 232 g/mol. The van der Waals surface area contributed by atoms with E-state index in [0.717, 1.165) is 11.3 Å². The highest BCUT2D eigenvalue weighted by atomic mass is 16.6. The van der Waals surface area contributed by atoms with Crippen LogP contribution in [0.4, 0.5) is 11.4 Å². The highest BCUT2D eigenvalue weighted by Crippen LogP contribution is 2.20. The van der Waals surface area contributed by atoms with E-state index in [1.807, 2.05) is 13.0 Å². The standard InChI is InChI=1S/C12H12N4O2/c1-9-4-11(6-12(5-9)16(17)18)14-7-10-2-3-13-8-15-10/h2-6,8,14H,7H2,1H3. The van der Waals surface area contributed by atoms with Crippen molar-refractivity contribution in [2.75, 3.05) is 5.32 Å². The quantitative estimate of drug-likeness (QED) is 0.659. The van der Waals surface area contributed by atoms with Gasteiger partial charge in [0, 0.05) is 24.0 Å². The number of nitro groups is 1. The minimum Gasteiger partial charge on any atom is -0.379 e. The predicted molar refractivity (Wildman–Crippen MR) is 67.2 cm³/mol. The fourth-order valence-electron chi connectivity index (χ4n) is 1.59. The average molecular weight is 244 g/mol. The zero-order chi connectivity index (χ0) is 13.0. The summed E-state index contributed by atoms with van der Waals surface area (Å²) in [6.45, 7) is 2.33. The van der Waals surface area contributed by atoms with Gasteiger partial charge in [-0.05, 0) is 24.6 Å². The molecule has 0 aliphatic rings. The van der Waals surface area contributed by atoms with E-state index < -0.39 is 4.92 Å². The van der Waals surface area contributed by atoms with Crippen molar-refractivity contribution in [3.8, 4) is 0 Å². The van der Waals surface area contributed by atoms with Crippen LogP contribution in [0.25, 0.3) is 0 Å². The molecule has 0 aliphatic heterocycles. The van der Waals surface area contributed by atoms with Crippen LogP contribution >= 0.6 is 0 Å². The van der Waals surface area contributed by atoms with E-state index in [0.29, 0.717) is 12.2 Å². The molecule has 0 amide bonds. The van der Waals surface area contributed by atoms with Crippen molar-refractivity contribution in [2.45, 2.75) is 13.5 Å². The predicted octanol–water partition coefficient (Wildman–Crippen LogP) is 2.31. The second-order valence-electron chi connectivity index (χ2n) is 3.87. The van der Waals surface area contributed by atoms with Gasteiger partial charge in [0.15, 0.2) is 0 Å². The van der Waals surface area contributed by atoms with E-state index in [1.54, 1.807) is 12.3 Å². The van der Waals surface area contributed by atoms with Gasteiger partial charge in [-0.25, -0.2) is 9.97 Å². The van der Waals surface area contributed by atoms with Crippen LogP contribution < -0.4 is 5.32 Å². The number of hydrogen-bond donors (Lipinski definition) is 1. The highest BCUT2D eigenvalue weighted by molar-refractivity contribution is 5.53. The molecule has 0 aliphatic carbocycles. The molecule has 1 N–H and O–H groups in total. The van der Waals surface area contributed by atoms with Gasteiger partial charge in [-0.1, -0.05) is 0 Å². The smallest absolute Gasteiger partial charge is 0.271 e. The number of non-ortho nitro benzene ring substituents is 1. The molecule has 0 atom stereocenters. The van der Waals surface area contributed by atoms with Crippen molar-refractivity contribution >= 4 is 11.4 Å². The summed E-state index contributed by atoms with van der Waals surface area (Å²) in [6, 6.07) is 6.69. The zero-order valence-electron chi connectivity index (χ0n) is 9.83. The Morgan fingerprint density at radius 2 is 2.22 bits per heavy atom. The van der Waals surface area contributed by atoms with Crippen LogP contribution in [0, 0.1) is 17.0 Å². The topological polar surface area (TPSA) is 81.0 Å². The lowest BCUT2D eigenvalue weighted by Crippen LogP contribution is -2.02. The zero-order valence-corrected chi connectivity index (χ0v) is 9.83. The fourth-order valence-corrected chi connectivity index (χ4v) is 1.59. The number of nitrogens with zero attached hydrogens (tertiary/aromatic N) is 3. The molecule has 92 valence electrons. The third kappa shape index (κ3) is 3.00. The molecule has 0 unspecified atom stereocenters. The summed E-state index contributed by atoms with van der Waals surface area (Å²) in [5.41, 5.74) is 2.46. The highest BCUT2D eigenvalue weighted by Gasteiger charge is 2.07. The molecule has 6 nitrogen and oxygen atoms in total. The van der Waals surface area contributed by atoms with Gasteiger partial charge >= 0.3 is 0 Å². The first-order chi connectivity index (χ1) is 8.65. The van der Waals surface area contributed by atoms with Crippen LogP contribution in [0.2, 0.25) is 0 Å². The van der Waals surface area contributed by atoms with E-state index in [1.165, 1.54) is 18.5 Å². The third-order valence-electron chi connectivity index (χ3n) is 2.39. The molecule has 1 aromatic heterocycles. The molecule has 0 spiro atoms. The SMILES string of the molecule is Cc1cc(NCc2ccncn2)cc([N+](=O)[O-])c1. The maximum atomic E-state index is 10.7. The molecule has 6 heteroatoms. The number of aromatic nitrogens is 2. The van der Waals surface area contributed by atoms with Gasteiger partial charge < -0.3 is 5.32 Å². The Morgan fingerprint density at radius 1 is 1.39 bits per heavy atom. The van der Waals surface area contributed by atoms with Gasteiger partial charge in [0.25, 0.3) is 5.69 Å². The van der Waals surface area contributed by atoms with Crippen molar-refractivity contribution in [3.63, 3.8) is 0 Å². The number of hydrogen-bond acceptors (Lipinski definition) is 5. The molecule has 0 bridgehead atoms. The molecule has 1 aromatic carbocycles. The molecular formula is C12H12N4O2. The number of rotatable bonds is 4. The van der Waals surface area contributed by atoms with E-state index in [4.69, 9.17) is 0 Å². The molecule has 0 fully saturated rings. The maximum absolute atomic E-state index is 10.7. The van der Waals surface area contributed by atoms with Gasteiger partial charge in [0.05, 0.1) is 17.2 Å². The first-order valence-corrected chi connectivity index (χ1v) is 5.40. The lowest BCUT2D eigenvalue weighted by atomic mass is 10.2. The van der Waals surface area contributed by atoms with Crippen molar-refractivity contribution in [1.29, 1.82) is 0 Å². The summed E-state index contributed by atoms with van der Waals surface area (Å²) >= 11 is 0. The molecule has 2 rings (SSSR count). The van der Waals surface area contributed by atoms with Gasteiger partial charge in [-0.15, -0.1) is 0 Å². The van der Waals surface area contributed by atoms with Gasteiger partial charge in [0.2, 0.25) is 0 Å². The van der Waals surface area contributed by atoms with Gasteiger partial charge in [0.1, 0.15) is 6.33 Å². The monoisotopic (exact) mass is 244 g/mol. The van der Waals surface area contributed by atoms with E-state index >= 15 is 0 Å². The second-order valence-corrected chi connectivity index (χ2v) is 3.87. The molecule has 18 heavy (non-hydrogen) atoms. The van der Waals surface area contributed by atoms with Crippen LogP contribution in [-0.2, 0) is 6.54 Å². The Hall–Kier alpha value is -2.50. The Labute approximate surface area is 104 Å². The number of anilines is 1. The minimum atomic E-state index is -0.400. The summed E-state index contributed by atoms with van der Waals surface area (Å²) in [6.07, 6.45) is 3.12. The lowest BCUT2D eigenvalue weighted by Gasteiger charge is -2.06. The van der Waals surface area contributed by atoms with Gasteiger partial charge in [-0.2, -0.15) is 0 Å². The van der Waals surface area contributed by atoms with Crippen LogP contribution in [0.5, 0.6) is 0 Å². The fraction of sp³-hybridized carbons (Fsp3) is 0.167. The van der Waals surface area contributed by atoms with Crippen molar-refractivity contribution < 1.29 is 4.92 Å². The maximum Gasteiger partial charge on any atom is 0.271 e. The van der Waals surface area contributed by atoms with Crippen LogP contribution in [-0.4, -0.2) is 14.9 Å². The van der Waals surface area contributed by atoms with Crippen LogP contribution in [0.3, 0.4) is 0 Å². The Bertz CT molecular complexity index is 557. The van der Waals surface area contributed by atoms with Crippen molar-refractivity contribution in [3.05, 3.63) is 58.2 Å². The van der Waals surface area contributed by atoms with Crippen molar-refractivity contribution in [1.82, 2.24) is 9.97 Å². The summed E-state index contributed by atoms with van der Waals surface area (Å²) in [5, 5.41) is 13.8. The summed E-state index contributed by atoms with van der Waals surface area (Å²) in [5.74, 6) is 0. The van der Waals surface area contributed by atoms with Crippen LogP contribution in [0.1, 0.15) is 11.3 Å². The number of nitro benzene ring substituents is 1. The average Bonchev–Trinajstić information content (AvgIpc) is 2.37. The molecule has 0 saturated heterocycles. The van der Waals surface area contributed by atoms with Crippen LogP contribution in [0.15, 0.2) is 36.8 Å². The Morgan fingerprint density at radius 3 is 2.89 bits per heavy atom. The first-order valence-electron chi connectivity index (χ1n) is 5.40. The first kappa shape index (κ1) is 12.0. The number of nitrogens with one attached hydrogen (secondary N) is 1. The van der Waals surface area contributed by atoms with E-state index in [9.17, 15) is 10.1 Å². The Kier molecular flexibility index (Phi) is 3.47. The van der Waals surface area contributed by atoms with E-state index in [2.05, 4.69) is 15.3 Å². The normalized spacial score (nSPS) is 10.1. The summed E-state index contributed by atoms with van der Waals surface area (Å²) in [7, 11) is 0. The summed E-state index contributed by atoms with van der Waals surface area (Å²) in [4.78, 5) is 18.2. The van der Waals surface area contributed by atoms with E-state index in [-0.39, 0.29) is 5.69 Å². The minimum absolute atomic E-state index is 0.0835. The van der Waals surface area contributed by atoms with Gasteiger partial charge in [-0.3, -0.25) is 10.1 Å².